The van der Waals surface area contributed by atoms with E-state index in [-0.39, 0.29) is 22.0 Å². The predicted molar refractivity (Wildman–Crippen MR) is 112 cm³/mol. The van der Waals surface area contributed by atoms with Crippen molar-refractivity contribution in [2.45, 2.75) is 31.4 Å². The van der Waals surface area contributed by atoms with E-state index < -0.39 is 11.7 Å². The number of piperidine rings is 1. The van der Waals surface area contributed by atoms with E-state index in [1.54, 1.807) is 18.5 Å². The number of carbonyl (C=O) groups is 1. The summed E-state index contributed by atoms with van der Waals surface area (Å²) in [5.41, 5.74) is 7.14. The summed E-state index contributed by atoms with van der Waals surface area (Å²) < 4.78 is 35.7. The Morgan fingerprint density at radius 1 is 1.29 bits per heavy atom. The van der Waals surface area contributed by atoms with Gasteiger partial charge in [0.2, 0.25) is 0 Å². The number of likely N-dealkylation sites (tertiary alicyclic amines) is 1. The molecule has 162 valence electrons. The number of aromatic nitrogens is 2. The zero-order valence-electron chi connectivity index (χ0n) is 16.8. The molecular formula is C22H22F2N4O2S. The van der Waals surface area contributed by atoms with Gasteiger partial charge in [-0.25, -0.2) is 9.07 Å². The van der Waals surface area contributed by atoms with Crippen LogP contribution in [0.1, 0.15) is 39.2 Å². The lowest BCUT2D eigenvalue weighted by Gasteiger charge is -2.43. The average molecular weight is 445 g/mol. The van der Waals surface area contributed by atoms with Crippen LogP contribution in [0.15, 0.2) is 36.7 Å². The molecule has 3 aromatic rings. The number of thiophene rings is 1. The molecule has 0 saturated carbocycles. The van der Waals surface area contributed by atoms with Crippen LogP contribution in [0.3, 0.4) is 0 Å². The number of primary amides is 1. The van der Waals surface area contributed by atoms with E-state index in [9.17, 15) is 13.6 Å². The van der Waals surface area contributed by atoms with Crippen LogP contribution in [0, 0.1) is 10.9 Å². The van der Waals surface area contributed by atoms with Crippen molar-refractivity contribution < 1.29 is 18.3 Å². The molecular weight excluding hydrogens is 422 g/mol. The lowest BCUT2D eigenvalue weighted by Crippen LogP contribution is -2.45. The highest BCUT2D eigenvalue weighted by Gasteiger charge is 2.42. The molecule has 31 heavy (non-hydrogen) atoms. The minimum absolute atomic E-state index is 0.0571. The van der Waals surface area contributed by atoms with Crippen LogP contribution in [-0.4, -0.2) is 40.3 Å². The number of ether oxygens (including phenoxy) is 1. The summed E-state index contributed by atoms with van der Waals surface area (Å²) in [6.45, 7) is 2.87. The van der Waals surface area contributed by atoms with Gasteiger partial charge in [0.15, 0.2) is 5.13 Å². The topological polar surface area (TPSA) is 73.4 Å². The molecule has 6 nitrogen and oxygen atoms in total. The Labute approximate surface area is 182 Å². The molecule has 2 aliphatic rings. The van der Waals surface area contributed by atoms with E-state index in [1.165, 1.54) is 34.2 Å². The molecule has 0 bridgehead atoms. The molecule has 2 aromatic heterocycles. The van der Waals surface area contributed by atoms with Gasteiger partial charge in [-0.05, 0) is 43.0 Å². The number of amides is 1. The van der Waals surface area contributed by atoms with Crippen LogP contribution in [0.25, 0.3) is 5.69 Å². The van der Waals surface area contributed by atoms with Gasteiger partial charge in [0.1, 0.15) is 17.1 Å². The van der Waals surface area contributed by atoms with Crippen LogP contribution in [0.2, 0.25) is 0 Å². The van der Waals surface area contributed by atoms with Crippen LogP contribution >= 0.6 is 11.3 Å². The minimum atomic E-state index is -0.704. The largest absolute Gasteiger partial charge is 0.369 e. The first-order valence-corrected chi connectivity index (χ1v) is 11.0. The number of halogens is 2. The number of hydrogen-bond donors (Lipinski definition) is 1. The molecule has 4 heterocycles. The van der Waals surface area contributed by atoms with E-state index in [2.05, 4.69) is 10.00 Å². The fourth-order valence-corrected chi connectivity index (χ4v) is 5.74. The number of carbonyl (C=O) groups excluding carboxylic acids is 1. The smallest absolute Gasteiger partial charge is 0.251 e. The quantitative estimate of drug-likeness (QED) is 0.670. The molecule has 0 unspecified atom stereocenters. The van der Waals surface area contributed by atoms with Crippen molar-refractivity contribution in [1.82, 2.24) is 14.7 Å². The second-order valence-corrected chi connectivity index (χ2v) is 9.07. The predicted octanol–water partition coefficient (Wildman–Crippen LogP) is 3.37. The van der Waals surface area contributed by atoms with E-state index in [1.807, 2.05) is 0 Å². The molecule has 2 aliphatic heterocycles. The zero-order chi connectivity index (χ0) is 21.6. The zero-order valence-corrected chi connectivity index (χ0v) is 17.6. The van der Waals surface area contributed by atoms with E-state index in [0.29, 0.717) is 13.2 Å². The Hall–Kier alpha value is -2.62. The maximum Gasteiger partial charge on any atom is 0.251 e. The Kier molecular flexibility index (Phi) is 5.11. The molecule has 1 spiro atoms. The Balaban J connectivity index is 1.30. The SMILES string of the molecule is NC(=O)c1cccc(F)c1-n1cc(CN2CCC3(CC2)OCCc2cc(F)sc23)cn1. The standard InChI is InChI=1S/C22H22F2N4O2S/c23-17-3-1-2-16(21(25)29)19(17)28-13-14(11-26-28)12-27-7-5-22(6-8-27)20-15(4-9-30-22)10-18(24)31-20/h1-3,10-11,13H,4-9,12H2,(H2,25,29). The third-order valence-electron chi connectivity index (χ3n) is 6.13. The molecule has 1 amide bonds. The lowest BCUT2D eigenvalue weighted by molar-refractivity contribution is -0.0960. The minimum Gasteiger partial charge on any atom is -0.369 e. The third kappa shape index (κ3) is 3.66. The molecule has 9 heteroatoms. The first kappa shape index (κ1) is 20.3. The number of nitrogens with two attached hydrogens (primary N) is 1. The van der Waals surface area contributed by atoms with Gasteiger partial charge < -0.3 is 10.5 Å². The van der Waals surface area contributed by atoms with E-state index in [0.717, 1.165) is 48.4 Å². The molecule has 2 N–H and O–H groups in total. The molecule has 1 fully saturated rings. The van der Waals surface area contributed by atoms with Crippen molar-refractivity contribution >= 4 is 17.2 Å². The molecule has 1 aromatic carbocycles. The summed E-state index contributed by atoms with van der Waals surface area (Å²) in [7, 11) is 0. The number of benzene rings is 1. The van der Waals surface area contributed by atoms with Gasteiger partial charge in [0.05, 0.1) is 18.4 Å². The second kappa shape index (κ2) is 7.81. The highest BCUT2D eigenvalue weighted by molar-refractivity contribution is 7.10. The van der Waals surface area contributed by atoms with Gasteiger partial charge in [-0.15, -0.1) is 11.3 Å². The van der Waals surface area contributed by atoms with Crippen LogP contribution in [-0.2, 0) is 23.3 Å². The Bertz CT molecular complexity index is 1130. The molecule has 0 atom stereocenters. The fraction of sp³-hybridized carbons (Fsp3) is 0.364. The van der Waals surface area contributed by atoms with Crippen LogP contribution in [0.5, 0.6) is 0 Å². The summed E-state index contributed by atoms with van der Waals surface area (Å²) in [4.78, 5) is 15.0. The van der Waals surface area contributed by atoms with Gasteiger partial charge in [0.25, 0.3) is 5.91 Å². The number of hydrogen-bond acceptors (Lipinski definition) is 5. The second-order valence-electron chi connectivity index (χ2n) is 8.07. The summed E-state index contributed by atoms with van der Waals surface area (Å²) >= 11 is 1.21. The molecule has 0 aliphatic carbocycles. The highest BCUT2D eigenvalue weighted by atomic mass is 32.1. The third-order valence-corrected chi connectivity index (χ3v) is 7.28. The lowest BCUT2D eigenvalue weighted by atomic mass is 9.85. The Morgan fingerprint density at radius 2 is 2.10 bits per heavy atom. The molecule has 1 saturated heterocycles. The summed E-state index contributed by atoms with van der Waals surface area (Å²) in [6.07, 6.45) is 5.76. The maximum absolute atomic E-state index is 14.4. The van der Waals surface area contributed by atoms with Gasteiger partial charge >= 0.3 is 0 Å². The normalized spacial score (nSPS) is 18.3. The van der Waals surface area contributed by atoms with Gasteiger partial charge in [-0.2, -0.15) is 9.49 Å². The van der Waals surface area contributed by atoms with Gasteiger partial charge in [0, 0.05) is 36.3 Å². The van der Waals surface area contributed by atoms with Crippen molar-refractivity contribution in [3.05, 3.63) is 69.2 Å². The summed E-state index contributed by atoms with van der Waals surface area (Å²) in [5, 5.41) is 4.10. The van der Waals surface area contributed by atoms with Gasteiger partial charge in [-0.3, -0.25) is 9.69 Å². The van der Waals surface area contributed by atoms with E-state index in [4.69, 9.17) is 10.5 Å². The highest BCUT2D eigenvalue weighted by Crippen LogP contribution is 2.45. The Morgan fingerprint density at radius 3 is 2.87 bits per heavy atom. The van der Waals surface area contributed by atoms with E-state index >= 15 is 0 Å². The fourth-order valence-electron chi connectivity index (χ4n) is 4.60. The maximum atomic E-state index is 14.4. The summed E-state index contributed by atoms with van der Waals surface area (Å²) in [6, 6.07) is 5.86. The van der Waals surface area contributed by atoms with Crippen molar-refractivity contribution in [2.75, 3.05) is 19.7 Å². The summed E-state index contributed by atoms with van der Waals surface area (Å²) in [5.74, 6) is -1.26. The molecule has 5 rings (SSSR count). The number of fused-ring (bicyclic) bond motifs is 2. The number of para-hydroxylation sites is 1. The number of nitrogens with zero attached hydrogens (tertiary/aromatic N) is 3. The van der Waals surface area contributed by atoms with Crippen molar-refractivity contribution in [3.63, 3.8) is 0 Å². The van der Waals surface area contributed by atoms with Crippen molar-refractivity contribution in [1.29, 1.82) is 0 Å². The van der Waals surface area contributed by atoms with Crippen LogP contribution in [0.4, 0.5) is 8.78 Å². The van der Waals surface area contributed by atoms with Gasteiger partial charge in [-0.1, -0.05) is 6.07 Å². The number of rotatable bonds is 4. The molecule has 0 radical (unpaired) electrons. The monoisotopic (exact) mass is 444 g/mol. The first-order valence-electron chi connectivity index (χ1n) is 10.2. The average Bonchev–Trinajstić information content (AvgIpc) is 3.36. The van der Waals surface area contributed by atoms with Crippen LogP contribution < -0.4 is 5.73 Å². The van der Waals surface area contributed by atoms with Crippen molar-refractivity contribution in [2.24, 2.45) is 5.73 Å². The van der Waals surface area contributed by atoms with Crippen molar-refractivity contribution in [3.8, 4) is 5.69 Å². The first-order chi connectivity index (χ1) is 14.9.